The molecule has 1 heterocycles. The van der Waals surface area contributed by atoms with Crippen LogP contribution in [0.3, 0.4) is 0 Å². The lowest BCUT2D eigenvalue weighted by atomic mass is 10.2. The number of nitriles is 1. The first kappa shape index (κ1) is 21.2. The van der Waals surface area contributed by atoms with Crippen molar-refractivity contribution in [3.05, 3.63) is 41.9 Å². The topological polar surface area (TPSA) is 106 Å². The zero-order valence-electron chi connectivity index (χ0n) is 15.1. The SMILES string of the molecule is CCN(/C=C(/C#N)C(=O)NCCCCCC(=O)O)CCc1ccncc1. The summed E-state index contributed by atoms with van der Waals surface area (Å²) in [6.45, 7) is 3.80. The second-order valence-corrected chi connectivity index (χ2v) is 5.85. The number of likely N-dealkylation sites (N-methyl/N-ethyl adjacent to an activating group) is 1. The Balaban J connectivity index is 2.43. The number of aliphatic carboxylic acids is 1. The van der Waals surface area contributed by atoms with Crippen LogP contribution in [-0.2, 0) is 16.0 Å². The number of aromatic nitrogens is 1. The Morgan fingerprint density at radius 2 is 2.04 bits per heavy atom. The van der Waals surface area contributed by atoms with Gasteiger partial charge < -0.3 is 15.3 Å². The smallest absolute Gasteiger partial charge is 0.303 e. The standard InChI is InChI=1S/C19H26N4O3/c1-2-23(13-9-16-7-11-21-12-8-16)15-17(14-20)19(26)22-10-5-3-4-6-18(24)25/h7-8,11-12,15H,2-6,9-10,13H2,1H3,(H,22,26)(H,24,25)/b17-15-. The lowest BCUT2D eigenvalue weighted by molar-refractivity contribution is -0.137. The number of carboxylic acids is 1. The molecule has 140 valence electrons. The lowest BCUT2D eigenvalue weighted by Crippen LogP contribution is -2.28. The van der Waals surface area contributed by atoms with E-state index in [0.29, 0.717) is 32.5 Å². The summed E-state index contributed by atoms with van der Waals surface area (Å²) in [7, 11) is 0. The highest BCUT2D eigenvalue weighted by molar-refractivity contribution is 5.97. The molecule has 0 saturated carbocycles. The van der Waals surface area contributed by atoms with Gasteiger partial charge in [0.05, 0.1) is 0 Å². The number of hydrogen-bond acceptors (Lipinski definition) is 5. The molecule has 7 nitrogen and oxygen atoms in total. The van der Waals surface area contributed by atoms with E-state index in [0.717, 1.165) is 18.4 Å². The van der Waals surface area contributed by atoms with Crippen LogP contribution in [0.4, 0.5) is 0 Å². The molecule has 1 amide bonds. The third kappa shape index (κ3) is 8.83. The van der Waals surface area contributed by atoms with E-state index < -0.39 is 11.9 Å². The highest BCUT2D eigenvalue weighted by Crippen LogP contribution is 2.04. The molecule has 0 aliphatic rings. The van der Waals surface area contributed by atoms with Gasteiger partial charge in [-0.2, -0.15) is 5.26 Å². The van der Waals surface area contributed by atoms with Gasteiger partial charge in [0.1, 0.15) is 11.6 Å². The fraction of sp³-hybridized carbons (Fsp3) is 0.474. The summed E-state index contributed by atoms with van der Waals surface area (Å²) < 4.78 is 0. The van der Waals surface area contributed by atoms with Crippen LogP contribution in [0, 0.1) is 11.3 Å². The van der Waals surface area contributed by atoms with Crippen molar-refractivity contribution in [3.8, 4) is 6.07 Å². The van der Waals surface area contributed by atoms with Crippen molar-refractivity contribution < 1.29 is 14.7 Å². The molecule has 0 bridgehead atoms. The van der Waals surface area contributed by atoms with E-state index in [1.54, 1.807) is 18.6 Å². The normalized spacial score (nSPS) is 10.8. The van der Waals surface area contributed by atoms with E-state index in [-0.39, 0.29) is 12.0 Å². The number of hydrogen-bond donors (Lipinski definition) is 2. The Morgan fingerprint density at radius 3 is 2.65 bits per heavy atom. The fourth-order valence-corrected chi connectivity index (χ4v) is 2.33. The second kappa shape index (κ2) is 12.5. The molecule has 1 aromatic heterocycles. The van der Waals surface area contributed by atoms with Gasteiger partial charge in [-0.25, -0.2) is 0 Å². The van der Waals surface area contributed by atoms with Crippen molar-refractivity contribution in [2.45, 2.75) is 39.0 Å². The van der Waals surface area contributed by atoms with Gasteiger partial charge in [-0.15, -0.1) is 0 Å². The Bertz CT molecular complexity index is 638. The van der Waals surface area contributed by atoms with Crippen molar-refractivity contribution in [1.29, 1.82) is 5.26 Å². The van der Waals surface area contributed by atoms with Gasteiger partial charge in [-0.05, 0) is 43.9 Å². The number of amides is 1. The third-order valence-corrected chi connectivity index (χ3v) is 3.87. The molecule has 0 fully saturated rings. The van der Waals surface area contributed by atoms with E-state index in [1.807, 2.05) is 30.0 Å². The average Bonchev–Trinajstić information content (AvgIpc) is 2.65. The van der Waals surface area contributed by atoms with E-state index >= 15 is 0 Å². The molecule has 0 atom stereocenters. The molecular formula is C19H26N4O3. The zero-order valence-corrected chi connectivity index (χ0v) is 15.1. The molecule has 1 aromatic rings. The maximum Gasteiger partial charge on any atom is 0.303 e. The van der Waals surface area contributed by atoms with Gasteiger partial charge in [0.2, 0.25) is 0 Å². The van der Waals surface area contributed by atoms with Crippen LogP contribution in [0.1, 0.15) is 38.2 Å². The predicted molar refractivity (Wildman–Crippen MR) is 98.0 cm³/mol. The number of rotatable bonds is 12. The summed E-state index contributed by atoms with van der Waals surface area (Å²) in [5.74, 6) is -1.21. The Kier molecular flexibility index (Phi) is 10.2. The first-order chi connectivity index (χ1) is 12.6. The number of carbonyl (C=O) groups is 2. The quantitative estimate of drug-likeness (QED) is 0.337. The molecule has 0 saturated heterocycles. The van der Waals surface area contributed by atoms with Crippen LogP contribution in [0.15, 0.2) is 36.3 Å². The van der Waals surface area contributed by atoms with Crippen molar-refractivity contribution in [1.82, 2.24) is 15.2 Å². The Morgan fingerprint density at radius 1 is 1.31 bits per heavy atom. The molecule has 0 unspecified atom stereocenters. The minimum atomic E-state index is -0.810. The van der Waals surface area contributed by atoms with Crippen molar-refractivity contribution in [2.75, 3.05) is 19.6 Å². The third-order valence-electron chi connectivity index (χ3n) is 3.87. The van der Waals surface area contributed by atoms with Gasteiger partial charge >= 0.3 is 5.97 Å². The molecule has 2 N–H and O–H groups in total. The largest absolute Gasteiger partial charge is 0.481 e. The summed E-state index contributed by atoms with van der Waals surface area (Å²) in [5, 5.41) is 20.5. The van der Waals surface area contributed by atoms with E-state index in [9.17, 15) is 14.9 Å². The average molecular weight is 358 g/mol. The van der Waals surface area contributed by atoms with E-state index in [2.05, 4.69) is 10.3 Å². The number of carboxylic acid groups (broad SMARTS) is 1. The molecule has 0 spiro atoms. The highest BCUT2D eigenvalue weighted by atomic mass is 16.4. The van der Waals surface area contributed by atoms with Gasteiger partial charge in [0.25, 0.3) is 5.91 Å². The van der Waals surface area contributed by atoms with E-state index in [4.69, 9.17) is 5.11 Å². The van der Waals surface area contributed by atoms with Crippen LogP contribution < -0.4 is 5.32 Å². The van der Waals surface area contributed by atoms with Crippen molar-refractivity contribution in [2.24, 2.45) is 0 Å². The summed E-state index contributed by atoms with van der Waals surface area (Å²) in [6, 6.07) is 5.84. The van der Waals surface area contributed by atoms with Crippen LogP contribution in [-0.4, -0.2) is 46.5 Å². The molecule has 0 radical (unpaired) electrons. The number of carbonyl (C=O) groups excluding carboxylic acids is 1. The molecular weight excluding hydrogens is 332 g/mol. The summed E-state index contributed by atoms with van der Waals surface area (Å²) in [5.41, 5.74) is 1.23. The van der Waals surface area contributed by atoms with Crippen molar-refractivity contribution >= 4 is 11.9 Å². The van der Waals surface area contributed by atoms with Crippen LogP contribution in [0.25, 0.3) is 0 Å². The van der Waals surface area contributed by atoms with E-state index in [1.165, 1.54) is 0 Å². The highest BCUT2D eigenvalue weighted by Gasteiger charge is 2.10. The molecule has 26 heavy (non-hydrogen) atoms. The van der Waals surface area contributed by atoms with Crippen molar-refractivity contribution in [3.63, 3.8) is 0 Å². The van der Waals surface area contributed by atoms with Crippen LogP contribution in [0.2, 0.25) is 0 Å². The first-order valence-corrected chi connectivity index (χ1v) is 8.81. The maximum absolute atomic E-state index is 12.1. The molecule has 0 aliphatic heterocycles. The minimum absolute atomic E-state index is 0.0760. The van der Waals surface area contributed by atoms with Crippen LogP contribution >= 0.6 is 0 Å². The first-order valence-electron chi connectivity index (χ1n) is 8.81. The fourth-order valence-electron chi connectivity index (χ4n) is 2.33. The number of pyridine rings is 1. The zero-order chi connectivity index (χ0) is 19.2. The Hall–Kier alpha value is -2.88. The number of nitrogens with zero attached hydrogens (tertiary/aromatic N) is 3. The van der Waals surface area contributed by atoms with Gasteiger partial charge in [0.15, 0.2) is 0 Å². The van der Waals surface area contributed by atoms with Gasteiger partial charge in [0, 0.05) is 44.6 Å². The molecule has 0 aromatic carbocycles. The monoisotopic (exact) mass is 358 g/mol. The van der Waals surface area contributed by atoms with Gasteiger partial charge in [-0.1, -0.05) is 6.42 Å². The predicted octanol–water partition coefficient (Wildman–Crippen LogP) is 2.11. The summed E-state index contributed by atoms with van der Waals surface area (Å²) in [6.07, 6.45) is 8.03. The molecule has 7 heteroatoms. The Labute approximate surface area is 154 Å². The number of nitrogens with one attached hydrogen (secondary N) is 1. The summed E-state index contributed by atoms with van der Waals surface area (Å²) >= 11 is 0. The maximum atomic E-state index is 12.1. The molecule has 0 aliphatic carbocycles. The van der Waals surface area contributed by atoms with Crippen LogP contribution in [0.5, 0.6) is 0 Å². The molecule has 1 rings (SSSR count). The minimum Gasteiger partial charge on any atom is -0.481 e. The number of unbranched alkanes of at least 4 members (excludes halogenated alkanes) is 2. The second-order valence-electron chi connectivity index (χ2n) is 5.85. The van der Waals surface area contributed by atoms with Gasteiger partial charge in [-0.3, -0.25) is 14.6 Å². The summed E-state index contributed by atoms with van der Waals surface area (Å²) in [4.78, 5) is 28.5. The lowest BCUT2D eigenvalue weighted by Gasteiger charge is -2.18.